The van der Waals surface area contributed by atoms with Crippen LogP contribution in [0.4, 0.5) is 11.4 Å². The van der Waals surface area contributed by atoms with Crippen molar-refractivity contribution in [3.8, 4) is 22.3 Å². The van der Waals surface area contributed by atoms with Crippen molar-refractivity contribution in [3.63, 3.8) is 0 Å². The molecule has 1 nitrogen and oxygen atoms in total. The van der Waals surface area contributed by atoms with Crippen LogP contribution in [0.2, 0.25) is 0 Å². The Morgan fingerprint density at radius 3 is 1.62 bits per heavy atom. The lowest BCUT2D eigenvalue weighted by Gasteiger charge is -2.39. The van der Waals surface area contributed by atoms with Crippen LogP contribution in [0.1, 0.15) is 0 Å². The molecule has 0 bridgehead atoms. The maximum absolute atomic E-state index is 2.52. The van der Waals surface area contributed by atoms with Crippen molar-refractivity contribution in [1.82, 2.24) is 0 Å². The van der Waals surface area contributed by atoms with Crippen LogP contribution in [0.5, 0.6) is 0 Å². The van der Waals surface area contributed by atoms with E-state index in [2.05, 4.69) is 138 Å². The Morgan fingerprint density at radius 1 is 0.406 bits per heavy atom. The average molecular weight is 407 g/mol. The van der Waals surface area contributed by atoms with Gasteiger partial charge in [-0.25, -0.2) is 0 Å². The van der Waals surface area contributed by atoms with Crippen LogP contribution >= 0.6 is 0 Å². The highest BCUT2D eigenvalue weighted by Gasteiger charge is 2.37. The Balaban J connectivity index is 1.67. The molecule has 0 saturated carbocycles. The third-order valence-electron chi connectivity index (χ3n) is 6.33. The highest BCUT2D eigenvalue weighted by Crippen LogP contribution is 2.42. The molecule has 150 valence electrons. The summed E-state index contributed by atoms with van der Waals surface area (Å²) in [7, 11) is 0. The minimum Gasteiger partial charge on any atom is -0.376 e. The Kier molecular flexibility index (Phi) is 4.62. The summed E-state index contributed by atoms with van der Waals surface area (Å²) >= 11 is 0. The second kappa shape index (κ2) is 7.90. The Bertz CT molecular complexity index is 1380. The van der Waals surface area contributed by atoms with Gasteiger partial charge in [-0.05, 0) is 28.7 Å². The first kappa shape index (κ1) is 18.7. The van der Waals surface area contributed by atoms with E-state index < -0.39 is 0 Å². The molecule has 0 radical (unpaired) electrons. The normalized spacial score (nSPS) is 12.2. The Hall–Kier alpha value is -4.04. The molecule has 5 aromatic carbocycles. The zero-order valence-corrected chi connectivity index (χ0v) is 17.7. The number of hydrogen-bond donors (Lipinski definition) is 0. The van der Waals surface area contributed by atoms with Gasteiger partial charge in [0.25, 0.3) is 0 Å². The lowest BCUT2D eigenvalue weighted by molar-refractivity contribution is 1.36. The summed E-state index contributed by atoms with van der Waals surface area (Å²) in [5.41, 5.74) is 10.1. The van der Waals surface area contributed by atoms with Crippen LogP contribution in [-0.4, -0.2) is 6.85 Å². The Labute approximate surface area is 189 Å². The molecule has 0 aliphatic carbocycles. The number of rotatable bonds is 3. The van der Waals surface area contributed by atoms with Gasteiger partial charge >= 0.3 is 6.85 Å². The van der Waals surface area contributed by atoms with E-state index in [9.17, 15) is 0 Å². The van der Waals surface area contributed by atoms with Crippen molar-refractivity contribution in [3.05, 3.63) is 133 Å². The zero-order chi connectivity index (χ0) is 21.3. The molecule has 5 aromatic rings. The summed E-state index contributed by atoms with van der Waals surface area (Å²) < 4.78 is 0. The van der Waals surface area contributed by atoms with E-state index >= 15 is 0 Å². The number of benzene rings is 5. The third kappa shape index (κ3) is 3.04. The van der Waals surface area contributed by atoms with Gasteiger partial charge in [0, 0.05) is 22.5 Å². The van der Waals surface area contributed by atoms with Crippen molar-refractivity contribution in [2.24, 2.45) is 0 Å². The molecular formula is C30H22BN. The molecule has 0 fully saturated rings. The van der Waals surface area contributed by atoms with Gasteiger partial charge in [-0.2, -0.15) is 0 Å². The molecule has 1 aliphatic rings. The van der Waals surface area contributed by atoms with Crippen molar-refractivity contribution in [2.45, 2.75) is 0 Å². The predicted octanol–water partition coefficient (Wildman–Crippen LogP) is 6.28. The van der Waals surface area contributed by atoms with E-state index in [1.54, 1.807) is 0 Å². The van der Waals surface area contributed by atoms with E-state index in [1.807, 2.05) is 0 Å². The predicted molar refractivity (Wildman–Crippen MR) is 137 cm³/mol. The molecule has 0 spiro atoms. The van der Waals surface area contributed by atoms with Crippen LogP contribution < -0.4 is 15.7 Å². The molecule has 1 aliphatic heterocycles. The van der Waals surface area contributed by atoms with E-state index in [0.717, 1.165) is 0 Å². The maximum Gasteiger partial charge on any atom is 0.328 e. The van der Waals surface area contributed by atoms with Crippen molar-refractivity contribution in [1.29, 1.82) is 0 Å². The van der Waals surface area contributed by atoms with Crippen molar-refractivity contribution >= 4 is 29.1 Å². The monoisotopic (exact) mass is 407 g/mol. The largest absolute Gasteiger partial charge is 0.376 e. The van der Waals surface area contributed by atoms with Crippen LogP contribution in [0, 0.1) is 0 Å². The van der Waals surface area contributed by atoms with E-state index in [0.29, 0.717) is 0 Å². The van der Waals surface area contributed by atoms with Gasteiger partial charge in [0.2, 0.25) is 0 Å². The van der Waals surface area contributed by atoms with Gasteiger partial charge in [-0.15, -0.1) is 0 Å². The molecule has 0 unspecified atom stereocenters. The number of para-hydroxylation sites is 2. The Morgan fingerprint density at radius 2 is 0.906 bits per heavy atom. The number of fused-ring (bicyclic) bond motifs is 3. The number of hydrogen-bond acceptors (Lipinski definition) is 1. The molecule has 32 heavy (non-hydrogen) atoms. The van der Waals surface area contributed by atoms with E-state index in [4.69, 9.17) is 0 Å². The summed E-state index contributed by atoms with van der Waals surface area (Å²) in [6.45, 7) is 0.0900. The van der Waals surface area contributed by atoms with Crippen LogP contribution in [0.3, 0.4) is 0 Å². The number of nitrogens with zero attached hydrogens (tertiary/aromatic N) is 1. The molecule has 0 aromatic heterocycles. The second-order valence-corrected chi connectivity index (χ2v) is 8.17. The molecular weight excluding hydrogens is 385 g/mol. The third-order valence-corrected chi connectivity index (χ3v) is 6.33. The fraction of sp³-hybridized carbons (Fsp3) is 0. The first-order valence-corrected chi connectivity index (χ1v) is 11.1. The molecule has 2 heteroatoms. The highest BCUT2D eigenvalue weighted by molar-refractivity contribution is 6.90. The lowest BCUT2D eigenvalue weighted by Crippen LogP contribution is -2.57. The first-order chi connectivity index (χ1) is 15.9. The molecule has 6 rings (SSSR count). The standard InChI is InChI=1S/C30H22BN/c1-3-13-23(14-4-1)25-17-8-11-21-29(25)32-30-22-12-9-19-27(30)26-18-7-10-20-28(26)31(32)24-15-5-2-6-16-24/h1-22H. The fourth-order valence-electron chi connectivity index (χ4n) is 4.95. The van der Waals surface area contributed by atoms with Gasteiger partial charge in [-0.1, -0.05) is 127 Å². The lowest BCUT2D eigenvalue weighted by atomic mass is 9.45. The fourth-order valence-corrected chi connectivity index (χ4v) is 4.95. The molecule has 0 saturated heterocycles. The summed E-state index contributed by atoms with van der Waals surface area (Å²) in [6.07, 6.45) is 0. The maximum atomic E-state index is 2.52. The first-order valence-electron chi connectivity index (χ1n) is 11.1. The van der Waals surface area contributed by atoms with Gasteiger partial charge in [0.1, 0.15) is 0 Å². The molecule has 0 amide bonds. The summed E-state index contributed by atoms with van der Waals surface area (Å²) in [4.78, 5) is 2.52. The van der Waals surface area contributed by atoms with Crippen LogP contribution in [0.25, 0.3) is 22.3 Å². The van der Waals surface area contributed by atoms with Crippen LogP contribution in [-0.2, 0) is 0 Å². The van der Waals surface area contributed by atoms with Gasteiger partial charge < -0.3 is 4.81 Å². The molecule has 0 N–H and O–H groups in total. The van der Waals surface area contributed by atoms with Gasteiger partial charge in [0.15, 0.2) is 0 Å². The van der Waals surface area contributed by atoms with Crippen LogP contribution in [0.15, 0.2) is 133 Å². The molecule has 1 heterocycles. The zero-order valence-electron chi connectivity index (χ0n) is 17.7. The average Bonchev–Trinajstić information content (AvgIpc) is 2.89. The quantitative estimate of drug-likeness (QED) is 0.318. The minimum absolute atomic E-state index is 0.0900. The highest BCUT2D eigenvalue weighted by atomic mass is 15.1. The molecule has 0 atom stereocenters. The topological polar surface area (TPSA) is 3.24 Å². The summed E-state index contributed by atoms with van der Waals surface area (Å²) in [6, 6.07) is 47.9. The van der Waals surface area contributed by atoms with E-state index in [-0.39, 0.29) is 6.85 Å². The van der Waals surface area contributed by atoms with E-state index in [1.165, 1.54) is 44.6 Å². The minimum atomic E-state index is 0.0900. The van der Waals surface area contributed by atoms with Gasteiger partial charge in [0.05, 0.1) is 0 Å². The summed E-state index contributed by atoms with van der Waals surface area (Å²) in [5, 5.41) is 0. The van der Waals surface area contributed by atoms with Gasteiger partial charge in [-0.3, -0.25) is 0 Å². The number of anilines is 2. The summed E-state index contributed by atoms with van der Waals surface area (Å²) in [5.74, 6) is 0. The van der Waals surface area contributed by atoms with Crippen molar-refractivity contribution in [2.75, 3.05) is 4.81 Å². The SMILES string of the molecule is c1ccc(B2c3ccccc3-c3ccccc3N2c2ccccc2-c2ccccc2)cc1. The van der Waals surface area contributed by atoms with Crippen molar-refractivity contribution < 1.29 is 0 Å². The smallest absolute Gasteiger partial charge is 0.328 e. The second-order valence-electron chi connectivity index (χ2n) is 8.17.